The topological polar surface area (TPSA) is 90.1 Å². The Morgan fingerprint density at radius 1 is 0.724 bits per heavy atom. The van der Waals surface area contributed by atoms with E-state index in [1.54, 1.807) is 0 Å². The highest BCUT2D eigenvalue weighted by Crippen LogP contribution is 2.27. The van der Waals surface area contributed by atoms with Crippen molar-refractivity contribution in [2.75, 3.05) is 0 Å². The maximum absolute atomic E-state index is 12.1. The van der Waals surface area contributed by atoms with Gasteiger partial charge in [-0.05, 0) is 42.5 Å². The maximum atomic E-state index is 12.1. The zero-order valence-corrected chi connectivity index (χ0v) is 15.4. The molecule has 4 rings (SSSR count). The molecule has 0 aliphatic heterocycles. The first kappa shape index (κ1) is 18.3. The van der Waals surface area contributed by atoms with Crippen LogP contribution in [0.2, 0.25) is 0 Å². The van der Waals surface area contributed by atoms with Crippen LogP contribution in [0.4, 0.5) is 0 Å². The van der Waals surface area contributed by atoms with E-state index in [1.165, 1.54) is 0 Å². The minimum atomic E-state index is -0.548. The summed E-state index contributed by atoms with van der Waals surface area (Å²) in [6, 6.07) is 28.5. The van der Waals surface area contributed by atoms with Crippen LogP contribution in [0.1, 0.15) is 10.6 Å². The molecule has 3 aromatic carbocycles. The molecular formula is C23H18N4O2. The Kier molecular flexibility index (Phi) is 5.27. The molecular weight excluding hydrogens is 364 g/mol. The summed E-state index contributed by atoms with van der Waals surface area (Å²) in [5.74, 6) is 6.20. The molecule has 6 nitrogen and oxygen atoms in total. The Bertz CT molecular complexity index is 1110. The third-order valence-electron chi connectivity index (χ3n) is 4.26. The molecule has 0 spiro atoms. The van der Waals surface area contributed by atoms with E-state index in [1.807, 2.05) is 91.0 Å². The van der Waals surface area contributed by atoms with Crippen LogP contribution in [0, 0.1) is 0 Å². The highest BCUT2D eigenvalue weighted by atomic mass is 16.5. The van der Waals surface area contributed by atoms with Gasteiger partial charge in [-0.2, -0.15) is 0 Å². The molecule has 142 valence electrons. The fourth-order valence-corrected chi connectivity index (χ4v) is 2.84. The predicted octanol–water partition coefficient (Wildman–Crippen LogP) is 4.21. The quantitative estimate of drug-likeness (QED) is 0.307. The minimum absolute atomic E-state index is 0.00784. The molecule has 0 saturated heterocycles. The molecule has 0 atom stereocenters. The molecule has 4 aromatic rings. The van der Waals surface area contributed by atoms with Crippen LogP contribution >= 0.6 is 0 Å². The van der Waals surface area contributed by atoms with Crippen molar-refractivity contribution < 1.29 is 9.53 Å². The number of carbonyl (C=O) groups excluding carboxylic acids is 1. The van der Waals surface area contributed by atoms with Crippen LogP contribution in [0.15, 0.2) is 91.0 Å². The summed E-state index contributed by atoms with van der Waals surface area (Å²) in [6.45, 7) is 0. The number of amides is 1. The molecule has 0 saturated carbocycles. The van der Waals surface area contributed by atoms with Gasteiger partial charge in [0, 0.05) is 11.1 Å². The van der Waals surface area contributed by atoms with Gasteiger partial charge in [-0.1, -0.05) is 48.5 Å². The lowest BCUT2D eigenvalue weighted by Crippen LogP contribution is -2.31. The number of nitrogen functional groups attached to an aromatic ring is 1. The van der Waals surface area contributed by atoms with Crippen molar-refractivity contribution in [1.29, 1.82) is 0 Å². The molecule has 1 aromatic heterocycles. The third-order valence-corrected chi connectivity index (χ3v) is 4.26. The van der Waals surface area contributed by atoms with E-state index < -0.39 is 5.91 Å². The number of para-hydroxylation sites is 1. The van der Waals surface area contributed by atoms with Gasteiger partial charge in [-0.15, -0.1) is 0 Å². The van der Waals surface area contributed by atoms with E-state index >= 15 is 0 Å². The van der Waals surface area contributed by atoms with Gasteiger partial charge in [-0.25, -0.2) is 15.8 Å². The summed E-state index contributed by atoms with van der Waals surface area (Å²) in [5.41, 5.74) is 5.05. The number of rotatable bonds is 5. The van der Waals surface area contributed by atoms with E-state index in [2.05, 4.69) is 15.4 Å². The first-order chi connectivity index (χ1) is 14.2. The predicted molar refractivity (Wildman–Crippen MR) is 111 cm³/mol. The van der Waals surface area contributed by atoms with Gasteiger partial charge in [0.25, 0.3) is 0 Å². The molecule has 6 heteroatoms. The summed E-state index contributed by atoms with van der Waals surface area (Å²) in [4.78, 5) is 20.8. The average Bonchev–Trinajstić information content (AvgIpc) is 2.80. The Balaban J connectivity index is 1.69. The zero-order valence-electron chi connectivity index (χ0n) is 15.4. The zero-order chi connectivity index (χ0) is 20.1. The number of hydrazine groups is 1. The van der Waals surface area contributed by atoms with Crippen molar-refractivity contribution in [2.24, 2.45) is 5.84 Å². The molecule has 0 unspecified atom stereocenters. The highest BCUT2D eigenvalue weighted by Gasteiger charge is 2.13. The molecule has 0 aliphatic rings. The van der Waals surface area contributed by atoms with Gasteiger partial charge in [0.05, 0.1) is 11.4 Å². The van der Waals surface area contributed by atoms with Crippen LogP contribution in [0.5, 0.6) is 11.5 Å². The first-order valence-electron chi connectivity index (χ1n) is 9.02. The van der Waals surface area contributed by atoms with E-state index in [-0.39, 0.29) is 5.82 Å². The van der Waals surface area contributed by atoms with Crippen molar-refractivity contribution in [3.8, 4) is 34.0 Å². The Morgan fingerprint density at radius 3 is 1.83 bits per heavy atom. The number of aromatic nitrogens is 2. The van der Waals surface area contributed by atoms with Crippen LogP contribution in [-0.4, -0.2) is 15.9 Å². The number of hydrogen-bond acceptors (Lipinski definition) is 5. The Hall–Kier alpha value is -4.03. The number of nitrogens with zero attached hydrogens (tertiary/aromatic N) is 2. The van der Waals surface area contributed by atoms with E-state index in [9.17, 15) is 4.79 Å². The molecule has 0 radical (unpaired) electrons. The van der Waals surface area contributed by atoms with Gasteiger partial charge in [0.1, 0.15) is 11.5 Å². The van der Waals surface area contributed by atoms with Crippen molar-refractivity contribution in [3.63, 3.8) is 0 Å². The fourth-order valence-electron chi connectivity index (χ4n) is 2.84. The van der Waals surface area contributed by atoms with Crippen molar-refractivity contribution in [1.82, 2.24) is 15.4 Å². The monoisotopic (exact) mass is 382 g/mol. The number of nitrogens with one attached hydrogen (secondary N) is 1. The third kappa shape index (κ3) is 4.28. The molecule has 1 amide bonds. The van der Waals surface area contributed by atoms with Gasteiger partial charge in [-0.3, -0.25) is 10.2 Å². The number of ether oxygens (including phenoxy) is 1. The lowest BCUT2D eigenvalue weighted by Gasteiger charge is -2.09. The average molecular weight is 382 g/mol. The second-order valence-corrected chi connectivity index (χ2v) is 6.24. The van der Waals surface area contributed by atoms with Gasteiger partial charge < -0.3 is 4.74 Å². The van der Waals surface area contributed by atoms with E-state index in [0.717, 1.165) is 16.9 Å². The van der Waals surface area contributed by atoms with Crippen LogP contribution in [0.3, 0.4) is 0 Å². The molecule has 29 heavy (non-hydrogen) atoms. The summed E-state index contributed by atoms with van der Waals surface area (Å²) in [6.07, 6.45) is 0. The summed E-state index contributed by atoms with van der Waals surface area (Å²) < 4.78 is 5.83. The standard InChI is InChI=1S/C23H18N4O2/c24-27-23(28)22-25-20(16-7-3-1-4-8-16)15-21(26-22)17-11-13-19(14-12-17)29-18-9-5-2-6-10-18/h1-15H,24H2,(H,27,28). The lowest BCUT2D eigenvalue weighted by molar-refractivity contribution is 0.0943. The fraction of sp³-hybridized carbons (Fsp3) is 0. The highest BCUT2D eigenvalue weighted by molar-refractivity contribution is 5.91. The lowest BCUT2D eigenvalue weighted by atomic mass is 10.1. The second kappa shape index (κ2) is 8.33. The van der Waals surface area contributed by atoms with Crippen LogP contribution in [0.25, 0.3) is 22.5 Å². The molecule has 3 N–H and O–H groups in total. The summed E-state index contributed by atoms with van der Waals surface area (Å²) in [7, 11) is 0. The number of hydrogen-bond donors (Lipinski definition) is 2. The van der Waals surface area contributed by atoms with Gasteiger partial charge in [0.15, 0.2) is 0 Å². The number of carbonyl (C=O) groups is 1. The van der Waals surface area contributed by atoms with E-state index in [4.69, 9.17) is 10.6 Å². The molecule has 0 fully saturated rings. The molecule has 0 aliphatic carbocycles. The van der Waals surface area contributed by atoms with Crippen molar-refractivity contribution in [2.45, 2.75) is 0 Å². The van der Waals surface area contributed by atoms with E-state index in [0.29, 0.717) is 17.1 Å². The molecule has 1 heterocycles. The number of benzene rings is 3. The second-order valence-electron chi connectivity index (χ2n) is 6.24. The van der Waals surface area contributed by atoms with Crippen molar-refractivity contribution in [3.05, 3.63) is 96.8 Å². The SMILES string of the molecule is NNC(=O)c1nc(-c2ccccc2)cc(-c2ccc(Oc3ccccc3)cc2)n1. The summed E-state index contributed by atoms with van der Waals surface area (Å²) >= 11 is 0. The maximum Gasteiger partial charge on any atom is 0.302 e. The van der Waals surface area contributed by atoms with Crippen LogP contribution < -0.4 is 16.0 Å². The van der Waals surface area contributed by atoms with Gasteiger partial charge in [0.2, 0.25) is 5.82 Å². The number of nitrogens with two attached hydrogens (primary N) is 1. The van der Waals surface area contributed by atoms with Crippen LogP contribution in [-0.2, 0) is 0 Å². The Morgan fingerprint density at radius 2 is 1.24 bits per heavy atom. The minimum Gasteiger partial charge on any atom is -0.457 e. The summed E-state index contributed by atoms with van der Waals surface area (Å²) in [5, 5.41) is 0. The van der Waals surface area contributed by atoms with Crippen molar-refractivity contribution >= 4 is 5.91 Å². The smallest absolute Gasteiger partial charge is 0.302 e. The molecule has 0 bridgehead atoms. The van der Waals surface area contributed by atoms with Gasteiger partial charge >= 0.3 is 5.91 Å². The normalized spacial score (nSPS) is 10.4. The largest absolute Gasteiger partial charge is 0.457 e. The first-order valence-corrected chi connectivity index (χ1v) is 9.02. The Labute approximate surface area is 168 Å².